The fraction of sp³-hybridized carbons (Fsp3) is 0.0769. The molecule has 8 aromatic carbocycles. The Morgan fingerprint density at radius 3 is 0.667 bits per heavy atom. The Bertz CT molecular complexity index is 2110. The van der Waals surface area contributed by atoms with Gasteiger partial charge in [-0.1, -0.05) is 288 Å². The van der Waals surface area contributed by atoms with Gasteiger partial charge in [-0.3, -0.25) is 0 Å². The Balaban J connectivity index is 0.000000221. The van der Waals surface area contributed by atoms with Gasteiger partial charge in [0.1, 0.15) is 1.17 Å². The first-order valence-corrected chi connectivity index (χ1v) is 27.6. The molecule has 0 heterocycles. The molecule has 0 saturated carbocycles. The van der Waals surface area contributed by atoms with Crippen LogP contribution in [0.25, 0.3) is 0 Å². The topological polar surface area (TPSA) is 0 Å². The maximum absolute atomic E-state index is 2.75. The predicted molar refractivity (Wildman–Crippen MR) is 282 cm³/mol. The van der Waals surface area contributed by atoms with Gasteiger partial charge in [0.25, 0.3) is 0 Å². The summed E-state index contributed by atoms with van der Waals surface area (Å²) in [5, 5.41) is 11.7. The van der Waals surface area contributed by atoms with Crippen LogP contribution in [-0.4, -0.2) is 19.7 Å². The van der Waals surface area contributed by atoms with Crippen LogP contribution in [0.4, 0.5) is 0 Å². The summed E-state index contributed by atoms with van der Waals surface area (Å²) in [5.74, 6) is 0. The minimum absolute atomic E-state index is 0. The van der Waals surface area contributed by atoms with Gasteiger partial charge in [0.2, 0.25) is 0 Å². The van der Waals surface area contributed by atoms with Crippen LogP contribution in [0.3, 0.4) is 0 Å². The molecule has 0 N–H and O–H groups in total. The molecule has 0 aliphatic rings. The molecule has 0 atom stereocenters. The van der Waals surface area contributed by atoms with Crippen molar-refractivity contribution in [2.24, 2.45) is 0 Å². The minimum atomic E-state index is -0.518. The second-order valence-corrected chi connectivity index (χ2v) is 30.4. The molecule has 0 amide bonds. The Morgan fingerprint density at radius 2 is 0.450 bits per heavy atom. The van der Waals surface area contributed by atoms with E-state index in [9.17, 15) is 0 Å². The van der Waals surface area contributed by atoms with Crippen molar-refractivity contribution in [3.8, 4) is 0 Å². The monoisotopic (exact) mass is 1440 g/mol. The second-order valence-electron chi connectivity index (χ2n) is 13.6. The number of benzene rings is 8. The molecule has 8 aromatic rings. The molecule has 0 aliphatic carbocycles. The van der Waals surface area contributed by atoms with E-state index in [-0.39, 0.29) is 61.8 Å². The summed E-state index contributed by atoms with van der Waals surface area (Å²) in [6.07, 6.45) is 3.55. The van der Waals surface area contributed by atoms with Crippen molar-refractivity contribution >= 4 is 119 Å². The van der Waals surface area contributed by atoms with Crippen molar-refractivity contribution in [1.29, 1.82) is 0 Å². The summed E-state index contributed by atoms with van der Waals surface area (Å²) < 4.78 is 0.0882. The van der Waals surface area contributed by atoms with Crippen molar-refractivity contribution in [1.82, 2.24) is 0 Å². The molecule has 0 bridgehead atoms. The van der Waals surface area contributed by atoms with Crippen molar-refractivity contribution in [2.45, 2.75) is 1.17 Å². The maximum atomic E-state index is 2.75. The normalized spacial score (nSPS) is 11.0. The van der Waals surface area contributed by atoms with Gasteiger partial charge >= 0.3 is 0 Å². The Kier molecular flexibility index (Phi) is 21.6. The van der Waals surface area contributed by atoms with Crippen molar-refractivity contribution in [2.75, 3.05) is 18.5 Å². The van der Waals surface area contributed by atoms with Gasteiger partial charge in [0, 0.05) is 50.9 Å². The zero-order valence-corrected chi connectivity index (χ0v) is 45.1. The first-order valence-electron chi connectivity index (χ1n) is 19.5. The summed E-state index contributed by atoms with van der Waals surface area (Å²) in [7, 11) is -1.66. The molecule has 0 spiro atoms. The molecule has 60 heavy (non-hydrogen) atoms. The van der Waals surface area contributed by atoms with Crippen LogP contribution in [0.2, 0.25) is 0 Å². The van der Waals surface area contributed by atoms with Crippen LogP contribution in [0.15, 0.2) is 243 Å². The summed E-state index contributed by atoms with van der Waals surface area (Å²) in [4.78, 5) is 0. The summed E-state index contributed by atoms with van der Waals surface area (Å²) in [6, 6.07) is 88.5. The standard InChI is InChI=1S/C26H22I2P2.C26H24P2.2Au/c27-26(28,30(24-17-9-3-10-18-24)25-19-11-4-12-20-25)21-29(22-13-5-1-6-14-22)23-15-7-2-8-16-23;1-5-13-23(14-6-1)27(24-15-7-2-8-16-24)21-22-28(25-17-9-3-10-18-25)26-19-11-4-12-20-26;;/h1-20H,21H2;1-20H,21-22H2;;. The van der Waals surface area contributed by atoms with Crippen LogP contribution >= 0.6 is 76.9 Å². The number of hydrogen-bond acceptors (Lipinski definition) is 0. The van der Waals surface area contributed by atoms with E-state index in [0.29, 0.717) is 0 Å². The average molecular weight is 1440 g/mol. The van der Waals surface area contributed by atoms with Gasteiger partial charge in [-0.15, -0.1) is 0 Å². The molecule has 310 valence electrons. The predicted octanol–water partition coefficient (Wildman–Crippen LogP) is 12.0. The minimum Gasteiger partial charge on any atom is -0.0622 e. The van der Waals surface area contributed by atoms with Crippen LogP contribution in [0, 0.1) is 0 Å². The molecule has 2 radical (unpaired) electrons. The van der Waals surface area contributed by atoms with E-state index in [1.165, 1.54) is 54.8 Å². The van der Waals surface area contributed by atoms with Gasteiger partial charge in [0.05, 0.1) is 0 Å². The molecule has 0 nitrogen and oxygen atoms in total. The van der Waals surface area contributed by atoms with Crippen LogP contribution < -0.4 is 42.4 Å². The van der Waals surface area contributed by atoms with E-state index in [2.05, 4.69) is 288 Å². The number of hydrogen-bond donors (Lipinski definition) is 0. The Hall–Kier alpha value is -1.58. The van der Waals surface area contributed by atoms with Crippen molar-refractivity contribution in [3.05, 3.63) is 243 Å². The Labute approximate surface area is 421 Å². The summed E-state index contributed by atoms with van der Waals surface area (Å²) in [6.45, 7) is 0. The van der Waals surface area contributed by atoms with Crippen molar-refractivity contribution in [3.63, 3.8) is 0 Å². The summed E-state index contributed by atoms with van der Waals surface area (Å²) >= 11 is 5.49. The smallest absolute Gasteiger partial charge is 0.0622 e. The fourth-order valence-electron chi connectivity index (χ4n) is 6.94. The molecule has 0 fully saturated rings. The first kappa shape index (κ1) is 49.4. The van der Waals surface area contributed by atoms with Crippen LogP contribution in [-0.2, 0) is 44.8 Å². The quantitative estimate of drug-likeness (QED) is 0.0441. The van der Waals surface area contributed by atoms with E-state index < -0.39 is 15.8 Å². The third kappa shape index (κ3) is 14.2. The average Bonchev–Trinajstić information content (AvgIpc) is 3.30. The number of alkyl halides is 2. The Morgan fingerprint density at radius 1 is 0.267 bits per heavy atom. The van der Waals surface area contributed by atoms with E-state index in [4.69, 9.17) is 0 Å². The fourth-order valence-corrected chi connectivity index (χ4v) is 22.8. The second kappa shape index (κ2) is 26.3. The largest absolute Gasteiger partial charge is 0.105 e. The first-order chi connectivity index (χ1) is 28.6. The molecular formula is C52H46Au2I2P4. The van der Waals surface area contributed by atoms with E-state index in [1.807, 2.05) is 0 Å². The van der Waals surface area contributed by atoms with Crippen molar-refractivity contribution < 1.29 is 44.8 Å². The SMILES string of the molecule is IC(I)(CP(c1ccccc1)c1ccccc1)P(c1ccccc1)c1ccccc1.[Au].[Au].c1ccc(P(CCP(c2ccccc2)c2ccccc2)c2ccccc2)cc1. The van der Waals surface area contributed by atoms with Crippen LogP contribution in [0.5, 0.6) is 0 Å². The molecular weight excluding hydrogens is 1400 g/mol. The zero-order chi connectivity index (χ0) is 39.8. The molecule has 0 saturated heterocycles. The van der Waals surface area contributed by atoms with Gasteiger partial charge < -0.3 is 0 Å². The van der Waals surface area contributed by atoms with E-state index >= 15 is 0 Å². The van der Waals surface area contributed by atoms with Gasteiger partial charge in [-0.25, -0.2) is 0 Å². The zero-order valence-electron chi connectivity index (χ0n) is 32.9. The molecule has 0 unspecified atom stereocenters. The molecule has 0 aliphatic heterocycles. The maximum Gasteiger partial charge on any atom is 0.105 e. The van der Waals surface area contributed by atoms with Gasteiger partial charge in [0.15, 0.2) is 0 Å². The van der Waals surface area contributed by atoms with Gasteiger partial charge in [-0.2, -0.15) is 0 Å². The third-order valence-corrected chi connectivity index (χ3v) is 25.2. The number of rotatable bonds is 14. The molecule has 8 rings (SSSR count). The third-order valence-electron chi connectivity index (χ3n) is 9.66. The van der Waals surface area contributed by atoms with E-state index in [0.717, 1.165) is 6.16 Å². The number of halogens is 2. The van der Waals surface area contributed by atoms with Crippen LogP contribution in [0.1, 0.15) is 0 Å². The molecule has 8 heteroatoms. The van der Waals surface area contributed by atoms with Gasteiger partial charge in [-0.05, 0) is 86.4 Å². The van der Waals surface area contributed by atoms with E-state index in [1.54, 1.807) is 0 Å². The molecule has 0 aromatic heterocycles. The summed E-state index contributed by atoms with van der Waals surface area (Å²) in [5.41, 5.74) is 0.